The van der Waals surface area contributed by atoms with E-state index in [2.05, 4.69) is 18.9 Å². The lowest BCUT2D eigenvalue weighted by atomic mass is 9.96. The minimum absolute atomic E-state index is 0.717. The van der Waals surface area contributed by atoms with Gasteiger partial charge >= 0.3 is 0 Å². The monoisotopic (exact) mass is 197 g/mol. The largest absolute Gasteiger partial charge is 0.303 e. The lowest BCUT2D eigenvalue weighted by Crippen LogP contribution is -2.25. The average Bonchev–Trinajstić information content (AvgIpc) is 2.58. The van der Waals surface area contributed by atoms with Crippen LogP contribution in [0.2, 0.25) is 0 Å². The molecular formula is C12H23NO. The smallest absolute Gasteiger partial charge is 0.120 e. The Hall–Kier alpha value is -0.370. The summed E-state index contributed by atoms with van der Waals surface area (Å²) in [5, 5.41) is 0. The Morgan fingerprint density at radius 2 is 2.29 bits per heavy atom. The first-order chi connectivity index (χ1) is 6.74. The average molecular weight is 197 g/mol. The fourth-order valence-corrected chi connectivity index (χ4v) is 2.32. The lowest BCUT2D eigenvalue weighted by molar-refractivity contribution is -0.108. The molecule has 1 unspecified atom stereocenters. The van der Waals surface area contributed by atoms with E-state index in [1.54, 1.807) is 0 Å². The number of nitrogens with zero attached hydrogens (tertiary/aromatic N) is 1. The standard InChI is InChI=1S/C12H23NO/c1-11(5-4-10-14)7-8-12-6-3-9-13(12)2/h10-12H,3-9H2,1-2H3/t11-,12?/m1/s1. The molecule has 2 nitrogen and oxygen atoms in total. The van der Waals surface area contributed by atoms with Crippen LogP contribution >= 0.6 is 0 Å². The van der Waals surface area contributed by atoms with Crippen molar-refractivity contribution in [1.82, 2.24) is 4.90 Å². The van der Waals surface area contributed by atoms with Gasteiger partial charge in [-0.1, -0.05) is 6.92 Å². The number of rotatable bonds is 6. The van der Waals surface area contributed by atoms with E-state index < -0.39 is 0 Å². The highest BCUT2D eigenvalue weighted by molar-refractivity contribution is 5.49. The lowest BCUT2D eigenvalue weighted by Gasteiger charge is -2.20. The second-order valence-electron chi connectivity index (χ2n) is 4.70. The van der Waals surface area contributed by atoms with Gasteiger partial charge in [0.2, 0.25) is 0 Å². The summed E-state index contributed by atoms with van der Waals surface area (Å²) in [7, 11) is 2.23. The Morgan fingerprint density at radius 3 is 2.86 bits per heavy atom. The van der Waals surface area contributed by atoms with E-state index in [0.29, 0.717) is 5.92 Å². The van der Waals surface area contributed by atoms with Gasteiger partial charge < -0.3 is 9.69 Å². The molecule has 1 saturated heterocycles. The molecule has 0 N–H and O–H groups in total. The first-order valence-corrected chi connectivity index (χ1v) is 5.88. The zero-order valence-corrected chi connectivity index (χ0v) is 9.54. The first-order valence-electron chi connectivity index (χ1n) is 5.88. The zero-order chi connectivity index (χ0) is 10.4. The third kappa shape index (κ3) is 3.79. The van der Waals surface area contributed by atoms with Crippen molar-refractivity contribution < 1.29 is 4.79 Å². The van der Waals surface area contributed by atoms with Gasteiger partial charge in [0.15, 0.2) is 0 Å². The van der Waals surface area contributed by atoms with Crippen LogP contribution < -0.4 is 0 Å². The number of carbonyl (C=O) groups excluding carboxylic acids is 1. The molecule has 0 aromatic carbocycles. The summed E-state index contributed by atoms with van der Waals surface area (Å²) in [5.74, 6) is 0.717. The van der Waals surface area contributed by atoms with Crippen LogP contribution in [0.5, 0.6) is 0 Å². The fraction of sp³-hybridized carbons (Fsp3) is 0.917. The number of aldehydes is 1. The van der Waals surface area contributed by atoms with E-state index in [1.165, 1.54) is 32.2 Å². The van der Waals surface area contributed by atoms with E-state index in [4.69, 9.17) is 0 Å². The Morgan fingerprint density at radius 1 is 1.50 bits per heavy atom. The minimum atomic E-state index is 0.717. The molecule has 1 fully saturated rings. The number of hydrogen-bond acceptors (Lipinski definition) is 2. The third-order valence-electron chi connectivity index (χ3n) is 3.44. The maximum Gasteiger partial charge on any atom is 0.120 e. The van der Waals surface area contributed by atoms with Crippen LogP contribution in [0.25, 0.3) is 0 Å². The Labute approximate surface area is 87.7 Å². The second kappa shape index (κ2) is 6.18. The summed E-state index contributed by atoms with van der Waals surface area (Å²) in [6, 6.07) is 0.814. The van der Waals surface area contributed by atoms with Gasteiger partial charge in [0.1, 0.15) is 6.29 Å². The van der Waals surface area contributed by atoms with Crippen LogP contribution in [0.4, 0.5) is 0 Å². The van der Waals surface area contributed by atoms with Crippen molar-refractivity contribution in [3.8, 4) is 0 Å². The summed E-state index contributed by atoms with van der Waals surface area (Å²) in [5.41, 5.74) is 0. The molecule has 1 aliphatic heterocycles. The van der Waals surface area contributed by atoms with Gasteiger partial charge in [0, 0.05) is 12.5 Å². The molecule has 0 aromatic heterocycles. The van der Waals surface area contributed by atoms with Crippen molar-refractivity contribution in [3.63, 3.8) is 0 Å². The third-order valence-corrected chi connectivity index (χ3v) is 3.44. The SMILES string of the molecule is C[C@H](CCC=O)CCC1CCCN1C. The van der Waals surface area contributed by atoms with Crippen molar-refractivity contribution in [1.29, 1.82) is 0 Å². The number of carbonyl (C=O) groups is 1. The number of hydrogen-bond donors (Lipinski definition) is 0. The van der Waals surface area contributed by atoms with Crippen LogP contribution in [0.3, 0.4) is 0 Å². The molecule has 2 atom stereocenters. The van der Waals surface area contributed by atoms with Gasteiger partial charge in [0.05, 0.1) is 0 Å². The van der Waals surface area contributed by atoms with Crippen LogP contribution in [0, 0.1) is 5.92 Å². The molecule has 82 valence electrons. The van der Waals surface area contributed by atoms with Crippen LogP contribution in [0.1, 0.15) is 45.4 Å². The predicted octanol–water partition coefficient (Wildman–Crippen LogP) is 2.48. The van der Waals surface area contributed by atoms with E-state index in [9.17, 15) is 4.79 Å². The maximum atomic E-state index is 10.2. The molecule has 0 saturated carbocycles. The molecule has 0 amide bonds. The topological polar surface area (TPSA) is 20.3 Å². The molecule has 1 rings (SSSR count). The Bertz CT molecular complexity index is 170. The summed E-state index contributed by atoms with van der Waals surface area (Å²) in [6.45, 7) is 3.53. The molecule has 2 heteroatoms. The Kier molecular flexibility index (Phi) is 5.16. The second-order valence-corrected chi connectivity index (χ2v) is 4.70. The van der Waals surface area contributed by atoms with Crippen LogP contribution in [-0.2, 0) is 4.79 Å². The molecule has 0 aromatic rings. The molecular weight excluding hydrogens is 174 g/mol. The van der Waals surface area contributed by atoms with E-state index in [0.717, 1.165) is 25.2 Å². The molecule has 14 heavy (non-hydrogen) atoms. The van der Waals surface area contributed by atoms with Gasteiger partial charge in [-0.25, -0.2) is 0 Å². The van der Waals surface area contributed by atoms with E-state index in [-0.39, 0.29) is 0 Å². The molecule has 0 spiro atoms. The highest BCUT2D eigenvalue weighted by Crippen LogP contribution is 2.22. The van der Waals surface area contributed by atoms with Gasteiger partial charge in [0.25, 0.3) is 0 Å². The summed E-state index contributed by atoms with van der Waals surface area (Å²) in [6.07, 6.45) is 8.18. The van der Waals surface area contributed by atoms with Gasteiger partial charge in [-0.3, -0.25) is 0 Å². The van der Waals surface area contributed by atoms with Crippen molar-refractivity contribution in [2.45, 2.75) is 51.5 Å². The first kappa shape index (κ1) is 11.7. The van der Waals surface area contributed by atoms with Crippen molar-refractivity contribution in [2.75, 3.05) is 13.6 Å². The summed E-state index contributed by atoms with van der Waals surface area (Å²) >= 11 is 0. The summed E-state index contributed by atoms with van der Waals surface area (Å²) in [4.78, 5) is 12.7. The minimum Gasteiger partial charge on any atom is -0.303 e. The fourth-order valence-electron chi connectivity index (χ4n) is 2.32. The highest BCUT2D eigenvalue weighted by atomic mass is 16.1. The van der Waals surface area contributed by atoms with E-state index in [1.807, 2.05) is 0 Å². The highest BCUT2D eigenvalue weighted by Gasteiger charge is 2.20. The van der Waals surface area contributed by atoms with Crippen molar-refractivity contribution in [3.05, 3.63) is 0 Å². The molecule has 1 heterocycles. The molecule has 1 aliphatic rings. The van der Waals surface area contributed by atoms with Crippen LogP contribution in [-0.4, -0.2) is 30.8 Å². The normalized spacial score (nSPS) is 25.1. The van der Waals surface area contributed by atoms with Gasteiger partial charge in [-0.05, 0) is 51.6 Å². The van der Waals surface area contributed by atoms with Crippen molar-refractivity contribution in [2.24, 2.45) is 5.92 Å². The quantitative estimate of drug-likeness (QED) is 0.610. The van der Waals surface area contributed by atoms with E-state index >= 15 is 0 Å². The van der Waals surface area contributed by atoms with Crippen molar-refractivity contribution >= 4 is 6.29 Å². The molecule has 0 bridgehead atoms. The zero-order valence-electron chi connectivity index (χ0n) is 9.54. The van der Waals surface area contributed by atoms with Gasteiger partial charge in [-0.15, -0.1) is 0 Å². The molecule has 0 aliphatic carbocycles. The maximum absolute atomic E-state index is 10.2. The summed E-state index contributed by atoms with van der Waals surface area (Å²) < 4.78 is 0. The molecule has 0 radical (unpaired) electrons. The predicted molar refractivity (Wildman–Crippen MR) is 59.3 cm³/mol. The Balaban J connectivity index is 2.09. The number of likely N-dealkylation sites (tertiary alicyclic amines) is 1. The van der Waals surface area contributed by atoms with Gasteiger partial charge in [-0.2, -0.15) is 0 Å². The van der Waals surface area contributed by atoms with Crippen LogP contribution in [0.15, 0.2) is 0 Å².